The van der Waals surface area contributed by atoms with Crippen LogP contribution in [-0.4, -0.2) is 17.4 Å². The SMILES string of the molecule is Cc1ccccc1C(=O)N(CCc1ccc(Cl)cc1Cl)Cc1ccc(C(F)(F)F)cc1. The topological polar surface area (TPSA) is 20.3 Å². The van der Waals surface area contributed by atoms with Crippen molar-refractivity contribution in [2.75, 3.05) is 6.54 Å². The van der Waals surface area contributed by atoms with Gasteiger partial charge in [0, 0.05) is 28.7 Å². The second kappa shape index (κ2) is 9.75. The fraction of sp³-hybridized carbons (Fsp3) is 0.208. The van der Waals surface area contributed by atoms with Gasteiger partial charge in [0.2, 0.25) is 0 Å². The molecule has 0 aliphatic heterocycles. The Morgan fingerprint density at radius 2 is 1.65 bits per heavy atom. The maximum atomic E-state index is 13.2. The van der Waals surface area contributed by atoms with Gasteiger partial charge in [-0.1, -0.05) is 59.6 Å². The Labute approximate surface area is 189 Å². The number of nitrogens with zero attached hydrogens (tertiary/aromatic N) is 1. The molecule has 0 heterocycles. The van der Waals surface area contributed by atoms with Crippen molar-refractivity contribution < 1.29 is 18.0 Å². The van der Waals surface area contributed by atoms with Crippen LogP contribution >= 0.6 is 23.2 Å². The molecule has 0 N–H and O–H groups in total. The minimum absolute atomic E-state index is 0.177. The Morgan fingerprint density at radius 1 is 0.968 bits per heavy atom. The summed E-state index contributed by atoms with van der Waals surface area (Å²) in [6.45, 7) is 2.37. The quantitative estimate of drug-likeness (QED) is 0.376. The second-order valence-electron chi connectivity index (χ2n) is 7.22. The van der Waals surface area contributed by atoms with E-state index >= 15 is 0 Å². The molecule has 0 aromatic heterocycles. The monoisotopic (exact) mass is 465 g/mol. The molecule has 0 spiro atoms. The summed E-state index contributed by atoms with van der Waals surface area (Å²) < 4.78 is 38.6. The molecule has 7 heteroatoms. The molecule has 0 saturated heterocycles. The molecule has 0 fully saturated rings. The minimum atomic E-state index is -4.40. The first-order valence-corrected chi connectivity index (χ1v) is 10.4. The number of hydrogen-bond acceptors (Lipinski definition) is 1. The second-order valence-corrected chi connectivity index (χ2v) is 8.07. The molecular weight excluding hydrogens is 446 g/mol. The van der Waals surface area contributed by atoms with E-state index in [0.29, 0.717) is 34.1 Å². The van der Waals surface area contributed by atoms with Gasteiger partial charge >= 0.3 is 6.18 Å². The van der Waals surface area contributed by atoms with Crippen LogP contribution in [0.25, 0.3) is 0 Å². The maximum absolute atomic E-state index is 13.2. The van der Waals surface area contributed by atoms with Gasteiger partial charge < -0.3 is 4.90 Å². The summed E-state index contributed by atoms with van der Waals surface area (Å²) in [7, 11) is 0. The van der Waals surface area contributed by atoms with Crippen molar-refractivity contribution in [3.63, 3.8) is 0 Å². The Bertz CT molecular complexity index is 1070. The Hall–Kier alpha value is -2.50. The molecule has 162 valence electrons. The standard InChI is InChI=1S/C24H20Cl2F3NO/c1-16-4-2-3-5-21(16)23(31)30(13-12-18-8-11-20(25)14-22(18)26)15-17-6-9-19(10-7-17)24(27,28)29/h2-11,14H,12-13,15H2,1H3. The number of rotatable bonds is 6. The summed E-state index contributed by atoms with van der Waals surface area (Å²) in [6.07, 6.45) is -3.92. The molecule has 3 aromatic carbocycles. The number of carbonyl (C=O) groups excluding carboxylic acids is 1. The lowest BCUT2D eigenvalue weighted by Gasteiger charge is -2.24. The molecule has 0 bridgehead atoms. The van der Waals surface area contributed by atoms with Gasteiger partial charge in [0.05, 0.1) is 5.56 Å². The summed E-state index contributed by atoms with van der Waals surface area (Å²) in [5.74, 6) is -0.192. The van der Waals surface area contributed by atoms with Gasteiger partial charge in [-0.25, -0.2) is 0 Å². The van der Waals surface area contributed by atoms with Crippen molar-refractivity contribution in [1.82, 2.24) is 4.90 Å². The average molecular weight is 466 g/mol. The molecule has 31 heavy (non-hydrogen) atoms. The lowest BCUT2D eigenvalue weighted by atomic mass is 10.1. The number of aryl methyl sites for hydroxylation is 1. The highest BCUT2D eigenvalue weighted by Gasteiger charge is 2.30. The predicted molar refractivity (Wildman–Crippen MR) is 118 cm³/mol. The fourth-order valence-electron chi connectivity index (χ4n) is 3.23. The van der Waals surface area contributed by atoms with Gasteiger partial charge in [-0.15, -0.1) is 0 Å². The van der Waals surface area contributed by atoms with Crippen LogP contribution < -0.4 is 0 Å². The molecule has 0 aliphatic rings. The number of amides is 1. The third-order valence-corrected chi connectivity index (χ3v) is 5.57. The highest BCUT2D eigenvalue weighted by Crippen LogP contribution is 2.29. The van der Waals surface area contributed by atoms with Crippen molar-refractivity contribution in [2.24, 2.45) is 0 Å². The third kappa shape index (κ3) is 6.02. The molecule has 1 amide bonds. The zero-order chi connectivity index (χ0) is 22.6. The van der Waals surface area contributed by atoms with E-state index in [0.717, 1.165) is 23.3 Å². The van der Waals surface area contributed by atoms with Gasteiger partial charge in [0.25, 0.3) is 5.91 Å². The zero-order valence-electron chi connectivity index (χ0n) is 16.7. The van der Waals surface area contributed by atoms with Crippen molar-refractivity contribution in [2.45, 2.75) is 26.1 Å². The van der Waals surface area contributed by atoms with Crippen LogP contribution in [0.2, 0.25) is 10.0 Å². The summed E-state index contributed by atoms with van der Waals surface area (Å²) >= 11 is 12.2. The molecule has 3 rings (SSSR count). The number of benzene rings is 3. The average Bonchev–Trinajstić information content (AvgIpc) is 2.72. The van der Waals surface area contributed by atoms with Crippen LogP contribution in [0.5, 0.6) is 0 Å². The third-order valence-electron chi connectivity index (χ3n) is 4.98. The lowest BCUT2D eigenvalue weighted by Crippen LogP contribution is -2.33. The smallest absolute Gasteiger partial charge is 0.334 e. The first-order valence-electron chi connectivity index (χ1n) is 9.60. The van der Waals surface area contributed by atoms with Crippen LogP contribution in [0.4, 0.5) is 13.2 Å². The summed E-state index contributed by atoms with van der Waals surface area (Å²) in [5, 5.41) is 1.02. The molecular formula is C24H20Cl2F3NO. The van der Waals surface area contributed by atoms with Crippen molar-refractivity contribution in [3.05, 3.63) is 105 Å². The number of carbonyl (C=O) groups is 1. The highest BCUT2D eigenvalue weighted by atomic mass is 35.5. The summed E-state index contributed by atoms with van der Waals surface area (Å²) in [5.41, 5.74) is 2.10. The van der Waals surface area contributed by atoms with Crippen LogP contribution in [-0.2, 0) is 19.1 Å². The van der Waals surface area contributed by atoms with Crippen molar-refractivity contribution >= 4 is 29.1 Å². The fourth-order valence-corrected chi connectivity index (χ4v) is 3.74. The number of halogens is 5. The van der Waals surface area contributed by atoms with E-state index in [1.54, 1.807) is 35.2 Å². The van der Waals surface area contributed by atoms with E-state index in [1.807, 2.05) is 19.1 Å². The first kappa shape index (κ1) is 23.2. The van der Waals surface area contributed by atoms with E-state index in [1.165, 1.54) is 12.1 Å². The Morgan fingerprint density at radius 3 is 2.26 bits per heavy atom. The normalized spacial score (nSPS) is 11.4. The molecule has 3 aromatic rings. The number of hydrogen-bond donors (Lipinski definition) is 0. The predicted octanol–water partition coefficient (Wildman–Crippen LogP) is 7.21. The van der Waals surface area contributed by atoms with E-state index in [2.05, 4.69) is 0 Å². The minimum Gasteiger partial charge on any atom is -0.334 e. The molecule has 0 atom stereocenters. The zero-order valence-corrected chi connectivity index (χ0v) is 18.2. The van der Waals surface area contributed by atoms with Gasteiger partial charge in [-0.3, -0.25) is 4.79 Å². The summed E-state index contributed by atoms with van der Waals surface area (Å²) in [6, 6.07) is 17.3. The van der Waals surface area contributed by atoms with E-state index in [4.69, 9.17) is 23.2 Å². The largest absolute Gasteiger partial charge is 0.416 e. The number of alkyl halides is 3. The lowest BCUT2D eigenvalue weighted by molar-refractivity contribution is -0.137. The maximum Gasteiger partial charge on any atom is 0.416 e. The van der Waals surface area contributed by atoms with E-state index in [-0.39, 0.29) is 12.5 Å². The first-order chi connectivity index (χ1) is 14.6. The van der Waals surface area contributed by atoms with Crippen molar-refractivity contribution in [3.8, 4) is 0 Å². The molecule has 0 aliphatic carbocycles. The molecule has 0 radical (unpaired) electrons. The van der Waals surface area contributed by atoms with Crippen molar-refractivity contribution in [1.29, 1.82) is 0 Å². The van der Waals surface area contributed by atoms with E-state index < -0.39 is 11.7 Å². The van der Waals surface area contributed by atoms with Crippen LogP contribution in [0, 0.1) is 6.92 Å². The molecule has 0 saturated carbocycles. The van der Waals surface area contributed by atoms with Crippen LogP contribution in [0.15, 0.2) is 66.7 Å². The van der Waals surface area contributed by atoms with Gasteiger partial charge in [0.15, 0.2) is 0 Å². The van der Waals surface area contributed by atoms with Crippen LogP contribution in [0.1, 0.15) is 32.6 Å². The molecule has 2 nitrogen and oxygen atoms in total. The Balaban J connectivity index is 1.84. The highest BCUT2D eigenvalue weighted by molar-refractivity contribution is 6.35. The van der Waals surface area contributed by atoms with Gasteiger partial charge in [-0.2, -0.15) is 13.2 Å². The Kier molecular flexibility index (Phi) is 7.29. The van der Waals surface area contributed by atoms with Crippen LogP contribution in [0.3, 0.4) is 0 Å². The van der Waals surface area contributed by atoms with Gasteiger partial charge in [0.1, 0.15) is 0 Å². The van der Waals surface area contributed by atoms with E-state index in [9.17, 15) is 18.0 Å². The summed E-state index contributed by atoms with van der Waals surface area (Å²) in [4.78, 5) is 14.9. The molecule has 0 unspecified atom stereocenters. The van der Waals surface area contributed by atoms with Gasteiger partial charge in [-0.05, 0) is 60.4 Å².